The van der Waals surface area contributed by atoms with Crippen LogP contribution in [0.2, 0.25) is 5.02 Å². The predicted octanol–water partition coefficient (Wildman–Crippen LogP) is 3.48. The van der Waals surface area contributed by atoms with Gasteiger partial charge in [-0.25, -0.2) is 0 Å². The lowest BCUT2D eigenvalue weighted by Crippen LogP contribution is -2.36. The number of rotatable bonds is 7. The topological polar surface area (TPSA) is 86.5 Å². The Morgan fingerprint density at radius 3 is 2.70 bits per heavy atom. The van der Waals surface area contributed by atoms with Gasteiger partial charge in [0, 0.05) is 10.6 Å². The summed E-state index contributed by atoms with van der Waals surface area (Å²) in [6.07, 6.45) is -0.698. The van der Waals surface area contributed by atoms with Crippen molar-refractivity contribution in [3.05, 3.63) is 59.4 Å². The van der Waals surface area contributed by atoms with Gasteiger partial charge in [0.1, 0.15) is 11.5 Å². The van der Waals surface area contributed by atoms with Gasteiger partial charge in [0.25, 0.3) is 11.8 Å². The van der Waals surface area contributed by atoms with E-state index in [1.165, 1.54) is 0 Å². The quantitative estimate of drug-likeness (QED) is 0.667. The van der Waals surface area contributed by atoms with Crippen LogP contribution in [0.4, 0.5) is 0 Å². The van der Waals surface area contributed by atoms with Gasteiger partial charge in [-0.15, -0.1) is 0 Å². The molecule has 0 fully saturated rings. The number of hydrogen-bond acceptors (Lipinski definition) is 6. The fourth-order valence-electron chi connectivity index (χ4n) is 2.28. The minimum absolute atomic E-state index is 0.127. The van der Waals surface area contributed by atoms with Gasteiger partial charge in [-0.1, -0.05) is 22.8 Å². The molecule has 1 atom stereocenters. The number of halogens is 1. The summed E-state index contributed by atoms with van der Waals surface area (Å²) < 4.78 is 15.9. The highest BCUT2D eigenvalue weighted by molar-refractivity contribution is 6.30. The third-order valence-corrected chi connectivity index (χ3v) is 3.94. The Morgan fingerprint density at radius 2 is 2.00 bits per heavy atom. The lowest BCUT2D eigenvalue weighted by Gasteiger charge is -2.14. The molecule has 0 bridgehead atoms. The molecule has 7 nitrogen and oxygen atoms in total. The zero-order valence-electron chi connectivity index (χ0n) is 14.8. The number of carbonyl (C=O) groups excluding carboxylic acids is 1. The Hall–Kier alpha value is -3.06. The van der Waals surface area contributed by atoms with Crippen molar-refractivity contribution in [3.63, 3.8) is 0 Å². The van der Waals surface area contributed by atoms with E-state index in [0.717, 1.165) is 11.3 Å². The smallest absolute Gasteiger partial charge is 0.261 e. The van der Waals surface area contributed by atoms with Crippen LogP contribution >= 0.6 is 11.6 Å². The van der Waals surface area contributed by atoms with Crippen LogP contribution in [0.1, 0.15) is 12.7 Å². The first-order chi connectivity index (χ1) is 13.0. The third kappa shape index (κ3) is 4.98. The van der Waals surface area contributed by atoms with Crippen molar-refractivity contribution >= 4 is 17.5 Å². The number of ether oxygens (including phenoxy) is 2. The Bertz CT molecular complexity index is 911. The minimum Gasteiger partial charge on any atom is -0.497 e. The number of aromatic nitrogens is 2. The molecule has 2 aromatic carbocycles. The number of nitrogens with one attached hydrogen (secondary N) is 1. The summed E-state index contributed by atoms with van der Waals surface area (Å²) in [5.41, 5.74) is 0.763. The molecule has 0 aliphatic heterocycles. The average molecular weight is 388 g/mol. The molecule has 8 heteroatoms. The van der Waals surface area contributed by atoms with Gasteiger partial charge in [0.15, 0.2) is 11.9 Å². The van der Waals surface area contributed by atoms with Gasteiger partial charge in [-0.3, -0.25) is 4.79 Å². The number of hydrogen-bond donors (Lipinski definition) is 1. The lowest BCUT2D eigenvalue weighted by atomic mass is 10.2. The number of methoxy groups -OCH3 is 1. The maximum atomic E-state index is 12.2. The Morgan fingerprint density at radius 1 is 1.22 bits per heavy atom. The number of amides is 1. The molecule has 0 aliphatic carbocycles. The van der Waals surface area contributed by atoms with E-state index in [1.807, 2.05) is 12.1 Å². The molecular weight excluding hydrogens is 370 g/mol. The first kappa shape index (κ1) is 18.7. The molecule has 3 aromatic rings. The van der Waals surface area contributed by atoms with Gasteiger partial charge >= 0.3 is 0 Å². The van der Waals surface area contributed by atoms with Crippen LogP contribution < -0.4 is 14.8 Å². The molecule has 1 unspecified atom stereocenters. The van der Waals surface area contributed by atoms with Gasteiger partial charge < -0.3 is 19.3 Å². The van der Waals surface area contributed by atoms with Crippen molar-refractivity contribution in [1.82, 2.24) is 15.5 Å². The number of carbonyl (C=O) groups is 1. The van der Waals surface area contributed by atoms with Crippen LogP contribution in [-0.2, 0) is 11.3 Å². The van der Waals surface area contributed by atoms with E-state index in [9.17, 15) is 4.79 Å². The SMILES string of the molecule is COc1ccc(-c2nc(CNC(=O)C(C)Oc3cccc(Cl)c3)no2)cc1. The van der Waals surface area contributed by atoms with Crippen LogP contribution in [0.15, 0.2) is 53.1 Å². The predicted molar refractivity (Wildman–Crippen MR) is 99.7 cm³/mol. The van der Waals surface area contributed by atoms with Gasteiger partial charge in [-0.2, -0.15) is 4.98 Å². The molecule has 0 spiro atoms. The highest BCUT2D eigenvalue weighted by atomic mass is 35.5. The molecule has 1 amide bonds. The second-order valence-corrected chi connectivity index (χ2v) is 6.12. The van der Waals surface area contributed by atoms with Gasteiger partial charge in [0.05, 0.1) is 13.7 Å². The van der Waals surface area contributed by atoms with Crippen LogP contribution in [-0.4, -0.2) is 29.3 Å². The summed E-state index contributed by atoms with van der Waals surface area (Å²) in [5.74, 6) is 1.69. The minimum atomic E-state index is -0.698. The van der Waals surface area contributed by atoms with E-state index >= 15 is 0 Å². The van der Waals surface area contributed by atoms with E-state index in [1.54, 1.807) is 50.4 Å². The van der Waals surface area contributed by atoms with Crippen LogP contribution in [0.3, 0.4) is 0 Å². The average Bonchev–Trinajstić information content (AvgIpc) is 3.15. The number of nitrogens with zero attached hydrogens (tertiary/aromatic N) is 2. The van der Waals surface area contributed by atoms with Crippen molar-refractivity contribution in [2.24, 2.45) is 0 Å². The Kier molecular flexibility index (Phi) is 5.93. The summed E-state index contributed by atoms with van der Waals surface area (Å²) in [5, 5.41) is 7.13. The molecule has 0 saturated carbocycles. The maximum absolute atomic E-state index is 12.2. The van der Waals surface area contributed by atoms with Crippen LogP contribution in [0, 0.1) is 0 Å². The van der Waals surface area contributed by atoms with Crippen molar-refractivity contribution in [2.75, 3.05) is 7.11 Å². The van der Waals surface area contributed by atoms with E-state index < -0.39 is 6.10 Å². The first-order valence-electron chi connectivity index (χ1n) is 8.22. The third-order valence-electron chi connectivity index (χ3n) is 3.70. The summed E-state index contributed by atoms with van der Waals surface area (Å²) in [6.45, 7) is 1.77. The Balaban J connectivity index is 1.55. The van der Waals surface area contributed by atoms with E-state index in [-0.39, 0.29) is 12.5 Å². The zero-order chi connectivity index (χ0) is 19.2. The van der Waals surface area contributed by atoms with Crippen LogP contribution in [0.25, 0.3) is 11.5 Å². The molecule has 0 saturated heterocycles. The summed E-state index contributed by atoms with van der Waals surface area (Å²) >= 11 is 5.90. The van der Waals surface area contributed by atoms with Crippen molar-refractivity contribution in [2.45, 2.75) is 19.6 Å². The summed E-state index contributed by atoms with van der Waals surface area (Å²) in [4.78, 5) is 16.5. The largest absolute Gasteiger partial charge is 0.497 e. The molecular formula is C19H18ClN3O4. The lowest BCUT2D eigenvalue weighted by molar-refractivity contribution is -0.127. The first-order valence-corrected chi connectivity index (χ1v) is 8.60. The maximum Gasteiger partial charge on any atom is 0.261 e. The Labute approximate surface area is 161 Å². The van der Waals surface area contributed by atoms with E-state index in [0.29, 0.717) is 22.5 Å². The molecule has 1 N–H and O–H groups in total. The fourth-order valence-corrected chi connectivity index (χ4v) is 2.46. The molecule has 0 radical (unpaired) electrons. The van der Waals surface area contributed by atoms with Crippen molar-refractivity contribution < 1.29 is 18.8 Å². The standard InChI is InChI=1S/C19H18ClN3O4/c1-12(26-16-5-3-4-14(20)10-16)18(24)21-11-17-22-19(27-23-17)13-6-8-15(25-2)9-7-13/h3-10,12H,11H2,1-2H3,(H,21,24). The second kappa shape index (κ2) is 8.55. The monoisotopic (exact) mass is 387 g/mol. The second-order valence-electron chi connectivity index (χ2n) is 5.68. The molecule has 3 rings (SSSR count). The number of benzene rings is 2. The van der Waals surface area contributed by atoms with E-state index in [2.05, 4.69) is 15.5 Å². The van der Waals surface area contributed by atoms with Crippen LogP contribution in [0.5, 0.6) is 11.5 Å². The normalized spacial score (nSPS) is 11.7. The molecule has 1 heterocycles. The van der Waals surface area contributed by atoms with Crippen molar-refractivity contribution in [1.29, 1.82) is 0 Å². The molecule has 1 aromatic heterocycles. The molecule has 27 heavy (non-hydrogen) atoms. The summed E-state index contributed by atoms with van der Waals surface area (Å²) in [6, 6.07) is 14.1. The van der Waals surface area contributed by atoms with Crippen molar-refractivity contribution in [3.8, 4) is 23.0 Å². The van der Waals surface area contributed by atoms with E-state index in [4.69, 9.17) is 25.6 Å². The van der Waals surface area contributed by atoms with Gasteiger partial charge in [-0.05, 0) is 49.4 Å². The summed E-state index contributed by atoms with van der Waals surface area (Å²) in [7, 11) is 1.60. The molecule has 0 aliphatic rings. The zero-order valence-corrected chi connectivity index (χ0v) is 15.6. The molecule has 140 valence electrons. The highest BCUT2D eigenvalue weighted by Gasteiger charge is 2.16. The highest BCUT2D eigenvalue weighted by Crippen LogP contribution is 2.21. The van der Waals surface area contributed by atoms with Gasteiger partial charge in [0.2, 0.25) is 0 Å². The fraction of sp³-hybridized carbons (Fsp3) is 0.211.